The maximum absolute atomic E-state index is 11.9. The van der Waals surface area contributed by atoms with E-state index in [4.69, 9.17) is 21.6 Å². The molecule has 2 N–H and O–H groups in total. The minimum absolute atomic E-state index is 0.221. The number of nitrogens with zero attached hydrogens (tertiary/aromatic N) is 1. The van der Waals surface area contributed by atoms with E-state index in [1.165, 1.54) is 24.3 Å². The van der Waals surface area contributed by atoms with Gasteiger partial charge in [-0.3, -0.25) is 9.59 Å². The number of anilines is 2. The standard InChI is InChI=1S/C18H14ClN3O4/c19-13-2-1-3-15(10-13)22-17(24)11-26-18(25)12-4-6-14(7-5-12)21-16(23)8-9-20/h1-7,10H,8,11H2,(H,21,23)(H,22,24). The Morgan fingerprint density at radius 1 is 1.00 bits per heavy atom. The first kappa shape index (κ1) is 19.0. The van der Waals surface area contributed by atoms with Crippen LogP contribution in [0.1, 0.15) is 16.8 Å². The van der Waals surface area contributed by atoms with Crippen LogP contribution in [-0.4, -0.2) is 24.4 Å². The summed E-state index contributed by atoms with van der Waals surface area (Å²) in [5, 5.41) is 14.0. The van der Waals surface area contributed by atoms with Crippen molar-refractivity contribution in [3.8, 4) is 6.07 Å². The minimum atomic E-state index is -0.679. The van der Waals surface area contributed by atoms with Gasteiger partial charge >= 0.3 is 5.97 Å². The van der Waals surface area contributed by atoms with Crippen LogP contribution in [0.15, 0.2) is 48.5 Å². The number of esters is 1. The summed E-state index contributed by atoms with van der Waals surface area (Å²) in [5.41, 5.74) is 1.16. The van der Waals surface area contributed by atoms with Crippen molar-refractivity contribution in [1.29, 1.82) is 5.26 Å². The molecule has 0 aliphatic rings. The van der Waals surface area contributed by atoms with Crippen molar-refractivity contribution in [3.63, 3.8) is 0 Å². The van der Waals surface area contributed by atoms with E-state index in [0.717, 1.165) is 0 Å². The maximum atomic E-state index is 11.9. The average molecular weight is 372 g/mol. The second-order valence-electron chi connectivity index (χ2n) is 5.10. The normalized spacial score (nSPS) is 9.69. The molecule has 2 rings (SSSR count). The summed E-state index contributed by atoms with van der Waals surface area (Å²) in [5.74, 6) is -1.62. The zero-order valence-corrected chi connectivity index (χ0v) is 14.2. The molecule has 0 heterocycles. The molecule has 7 nitrogen and oxygen atoms in total. The molecule has 0 saturated carbocycles. The lowest BCUT2D eigenvalue weighted by atomic mass is 10.2. The molecule has 0 saturated heterocycles. The van der Waals surface area contributed by atoms with Gasteiger partial charge in [-0.05, 0) is 42.5 Å². The van der Waals surface area contributed by atoms with Crippen LogP contribution in [0, 0.1) is 11.3 Å². The molecule has 132 valence electrons. The summed E-state index contributed by atoms with van der Waals surface area (Å²) < 4.78 is 4.94. The van der Waals surface area contributed by atoms with Crippen molar-refractivity contribution in [2.75, 3.05) is 17.2 Å². The monoisotopic (exact) mass is 371 g/mol. The Morgan fingerprint density at radius 2 is 1.69 bits per heavy atom. The maximum Gasteiger partial charge on any atom is 0.338 e. The van der Waals surface area contributed by atoms with Crippen LogP contribution >= 0.6 is 11.6 Å². The molecule has 2 amide bonds. The van der Waals surface area contributed by atoms with Gasteiger partial charge in [0.15, 0.2) is 6.61 Å². The quantitative estimate of drug-likeness (QED) is 0.759. The molecule has 8 heteroatoms. The number of rotatable bonds is 6. The van der Waals surface area contributed by atoms with Gasteiger partial charge in [-0.2, -0.15) is 5.26 Å². The van der Waals surface area contributed by atoms with E-state index in [9.17, 15) is 14.4 Å². The van der Waals surface area contributed by atoms with Crippen molar-refractivity contribution in [2.45, 2.75) is 6.42 Å². The Kier molecular flexibility index (Phi) is 6.71. The third kappa shape index (κ3) is 5.92. The highest BCUT2D eigenvalue weighted by atomic mass is 35.5. The van der Waals surface area contributed by atoms with E-state index in [2.05, 4.69) is 10.6 Å². The molecular formula is C18H14ClN3O4. The SMILES string of the molecule is N#CCC(=O)Nc1ccc(C(=O)OCC(=O)Nc2cccc(Cl)c2)cc1. The number of hydrogen-bond acceptors (Lipinski definition) is 5. The molecule has 0 aromatic heterocycles. The Bertz CT molecular complexity index is 859. The topological polar surface area (TPSA) is 108 Å². The first-order valence-corrected chi connectivity index (χ1v) is 7.85. The summed E-state index contributed by atoms with van der Waals surface area (Å²) >= 11 is 5.82. The van der Waals surface area contributed by atoms with Gasteiger partial charge in [0.05, 0.1) is 11.6 Å². The van der Waals surface area contributed by atoms with E-state index in [1.807, 2.05) is 0 Å². The molecule has 0 fully saturated rings. The second kappa shape index (κ2) is 9.20. The van der Waals surface area contributed by atoms with Crippen molar-refractivity contribution < 1.29 is 19.1 Å². The number of halogens is 1. The van der Waals surface area contributed by atoms with E-state index in [-0.39, 0.29) is 12.0 Å². The van der Waals surface area contributed by atoms with Crippen molar-refractivity contribution in [2.24, 2.45) is 0 Å². The number of benzene rings is 2. The number of ether oxygens (including phenoxy) is 1. The van der Waals surface area contributed by atoms with Crippen LogP contribution in [0.5, 0.6) is 0 Å². The second-order valence-corrected chi connectivity index (χ2v) is 5.53. The van der Waals surface area contributed by atoms with Gasteiger partial charge in [0, 0.05) is 16.4 Å². The number of carbonyl (C=O) groups is 3. The fourth-order valence-corrected chi connectivity index (χ4v) is 2.13. The smallest absolute Gasteiger partial charge is 0.338 e. The van der Waals surface area contributed by atoms with Gasteiger partial charge in [-0.1, -0.05) is 17.7 Å². The lowest BCUT2D eigenvalue weighted by molar-refractivity contribution is -0.119. The zero-order chi connectivity index (χ0) is 18.9. The zero-order valence-electron chi connectivity index (χ0n) is 13.5. The number of nitrogens with one attached hydrogen (secondary N) is 2. The van der Waals surface area contributed by atoms with Gasteiger partial charge in [0.2, 0.25) is 5.91 Å². The van der Waals surface area contributed by atoms with Crippen molar-refractivity contribution in [3.05, 3.63) is 59.1 Å². The predicted octanol–water partition coefficient (Wildman–Crippen LogP) is 2.99. The van der Waals surface area contributed by atoms with Crippen LogP contribution in [0.3, 0.4) is 0 Å². The van der Waals surface area contributed by atoms with Crippen LogP contribution in [0.2, 0.25) is 5.02 Å². The highest BCUT2D eigenvalue weighted by molar-refractivity contribution is 6.30. The van der Waals surface area contributed by atoms with E-state index in [0.29, 0.717) is 16.4 Å². The molecular weight excluding hydrogens is 358 g/mol. The van der Waals surface area contributed by atoms with Gasteiger partial charge in [0.25, 0.3) is 5.91 Å². The molecule has 0 unspecified atom stereocenters. The highest BCUT2D eigenvalue weighted by Crippen LogP contribution is 2.15. The summed E-state index contributed by atoms with van der Waals surface area (Å²) in [6.45, 7) is -0.452. The minimum Gasteiger partial charge on any atom is -0.452 e. The lowest BCUT2D eigenvalue weighted by Crippen LogP contribution is -2.20. The molecule has 0 atom stereocenters. The highest BCUT2D eigenvalue weighted by Gasteiger charge is 2.11. The van der Waals surface area contributed by atoms with Crippen LogP contribution in [-0.2, 0) is 14.3 Å². The van der Waals surface area contributed by atoms with E-state index in [1.54, 1.807) is 30.3 Å². The van der Waals surface area contributed by atoms with Crippen molar-refractivity contribution in [1.82, 2.24) is 0 Å². The summed E-state index contributed by atoms with van der Waals surface area (Å²) in [7, 11) is 0. The van der Waals surface area contributed by atoms with Crippen LogP contribution in [0.25, 0.3) is 0 Å². The van der Waals surface area contributed by atoms with E-state index >= 15 is 0 Å². The number of amides is 2. The number of carbonyl (C=O) groups excluding carboxylic acids is 3. The van der Waals surface area contributed by atoms with Gasteiger partial charge in [-0.25, -0.2) is 4.79 Å². The van der Waals surface area contributed by atoms with Gasteiger partial charge in [0.1, 0.15) is 6.42 Å². The molecule has 26 heavy (non-hydrogen) atoms. The van der Waals surface area contributed by atoms with Crippen LogP contribution < -0.4 is 10.6 Å². The molecule has 0 aliphatic carbocycles. The molecule has 0 radical (unpaired) electrons. The summed E-state index contributed by atoms with van der Waals surface area (Å²) in [6.07, 6.45) is -0.258. The average Bonchev–Trinajstić information content (AvgIpc) is 2.60. The first-order valence-electron chi connectivity index (χ1n) is 7.47. The fraction of sp³-hybridized carbons (Fsp3) is 0.111. The first-order chi connectivity index (χ1) is 12.5. The molecule has 0 spiro atoms. The third-order valence-electron chi connectivity index (χ3n) is 3.09. The van der Waals surface area contributed by atoms with Crippen LogP contribution in [0.4, 0.5) is 11.4 Å². The Hall–Kier alpha value is -3.37. The predicted molar refractivity (Wildman–Crippen MR) is 95.7 cm³/mol. The van der Waals surface area contributed by atoms with Gasteiger partial charge < -0.3 is 15.4 Å². The summed E-state index contributed by atoms with van der Waals surface area (Å²) in [4.78, 5) is 35.0. The fourth-order valence-electron chi connectivity index (χ4n) is 1.94. The van der Waals surface area contributed by atoms with Crippen molar-refractivity contribution >= 4 is 40.8 Å². The molecule has 0 bridgehead atoms. The Morgan fingerprint density at radius 3 is 2.35 bits per heavy atom. The summed E-state index contributed by atoms with van der Waals surface area (Å²) in [6, 6.07) is 14.2. The number of hydrogen-bond donors (Lipinski definition) is 2. The third-order valence-corrected chi connectivity index (χ3v) is 3.32. The molecule has 2 aromatic rings. The van der Waals surface area contributed by atoms with Gasteiger partial charge in [-0.15, -0.1) is 0 Å². The Balaban J connectivity index is 1.84. The van der Waals surface area contributed by atoms with E-state index < -0.39 is 24.4 Å². The Labute approximate surface area is 154 Å². The molecule has 0 aliphatic heterocycles. The molecule has 2 aromatic carbocycles. The largest absolute Gasteiger partial charge is 0.452 e. The lowest BCUT2D eigenvalue weighted by Gasteiger charge is -2.08. The number of nitriles is 1.